The summed E-state index contributed by atoms with van der Waals surface area (Å²) in [4.78, 5) is 23.0. The van der Waals surface area contributed by atoms with E-state index in [2.05, 4.69) is 5.32 Å². The van der Waals surface area contributed by atoms with Crippen molar-refractivity contribution in [2.45, 2.75) is 53.0 Å². The lowest BCUT2D eigenvalue weighted by Gasteiger charge is -2.37. The maximum atomic E-state index is 12.1. The van der Waals surface area contributed by atoms with Gasteiger partial charge >= 0.3 is 5.97 Å². The van der Waals surface area contributed by atoms with E-state index >= 15 is 0 Å². The minimum atomic E-state index is -0.873. The van der Waals surface area contributed by atoms with Crippen LogP contribution in [0.2, 0.25) is 0 Å². The molecule has 0 heterocycles. The monoisotopic (exact) mass is 258 g/mol. The number of hydrogen-bond acceptors (Lipinski definition) is 3. The molecule has 1 unspecified atom stereocenters. The second-order valence-corrected chi connectivity index (χ2v) is 5.88. The van der Waals surface area contributed by atoms with Gasteiger partial charge in [0.25, 0.3) is 0 Å². The number of rotatable bonds is 7. The van der Waals surface area contributed by atoms with Gasteiger partial charge in [0.05, 0.1) is 11.3 Å². The summed E-state index contributed by atoms with van der Waals surface area (Å²) in [6.45, 7) is 9.17. The summed E-state index contributed by atoms with van der Waals surface area (Å²) in [6.07, 6.45) is 1.33. The normalized spacial score (nSPS) is 14.1. The average Bonchev–Trinajstić information content (AvgIpc) is 2.21. The molecule has 18 heavy (non-hydrogen) atoms. The van der Waals surface area contributed by atoms with E-state index in [1.807, 2.05) is 6.92 Å². The molecule has 5 nitrogen and oxygen atoms in total. The number of nitrogens with one attached hydrogen (secondary N) is 1. The van der Waals surface area contributed by atoms with Crippen molar-refractivity contribution in [1.29, 1.82) is 0 Å². The topological polar surface area (TPSA) is 92.4 Å². The van der Waals surface area contributed by atoms with Crippen molar-refractivity contribution >= 4 is 11.9 Å². The Morgan fingerprint density at radius 3 is 2.11 bits per heavy atom. The number of hydrogen-bond donors (Lipinski definition) is 3. The van der Waals surface area contributed by atoms with Crippen LogP contribution in [-0.2, 0) is 9.59 Å². The van der Waals surface area contributed by atoms with E-state index in [0.717, 1.165) is 6.42 Å². The fourth-order valence-electron chi connectivity index (χ4n) is 1.39. The number of carbonyl (C=O) groups is 2. The first-order chi connectivity index (χ1) is 8.04. The molecular formula is C13H26N2O3. The summed E-state index contributed by atoms with van der Waals surface area (Å²) in [5.41, 5.74) is 4.55. The molecule has 0 aromatic rings. The molecule has 0 aromatic carbocycles. The number of nitrogens with two attached hydrogens (primary N) is 1. The van der Waals surface area contributed by atoms with Crippen molar-refractivity contribution in [2.75, 3.05) is 6.54 Å². The number of carbonyl (C=O) groups excluding carboxylic acids is 1. The Labute approximate surface area is 109 Å². The first kappa shape index (κ1) is 16.9. The van der Waals surface area contributed by atoms with Crippen LogP contribution >= 0.6 is 0 Å². The summed E-state index contributed by atoms with van der Waals surface area (Å²) < 4.78 is 0. The van der Waals surface area contributed by atoms with Crippen molar-refractivity contribution in [3.63, 3.8) is 0 Å². The van der Waals surface area contributed by atoms with Crippen LogP contribution in [0.3, 0.4) is 0 Å². The quantitative estimate of drug-likeness (QED) is 0.643. The maximum absolute atomic E-state index is 12.1. The van der Waals surface area contributed by atoms with Crippen LogP contribution in [0.1, 0.15) is 47.5 Å². The fraction of sp³-hybridized carbons (Fsp3) is 0.846. The van der Waals surface area contributed by atoms with Crippen LogP contribution in [0.5, 0.6) is 0 Å². The molecule has 0 rings (SSSR count). The third-order valence-corrected chi connectivity index (χ3v) is 3.67. The van der Waals surface area contributed by atoms with Crippen LogP contribution in [0.25, 0.3) is 0 Å². The van der Waals surface area contributed by atoms with Gasteiger partial charge in [0.2, 0.25) is 5.91 Å². The molecule has 1 amide bonds. The summed E-state index contributed by atoms with van der Waals surface area (Å²) in [5.74, 6) is -1.62. The Morgan fingerprint density at radius 1 is 1.28 bits per heavy atom. The van der Waals surface area contributed by atoms with Gasteiger partial charge in [-0.1, -0.05) is 13.3 Å². The fourth-order valence-corrected chi connectivity index (χ4v) is 1.39. The zero-order valence-corrected chi connectivity index (χ0v) is 12.0. The molecule has 4 N–H and O–H groups in total. The molecule has 0 aliphatic carbocycles. The number of amides is 1. The predicted molar refractivity (Wildman–Crippen MR) is 71.1 cm³/mol. The van der Waals surface area contributed by atoms with Gasteiger partial charge in [-0.05, 0) is 34.1 Å². The average molecular weight is 258 g/mol. The van der Waals surface area contributed by atoms with E-state index in [1.165, 1.54) is 0 Å². The Morgan fingerprint density at radius 2 is 1.78 bits per heavy atom. The molecule has 0 fully saturated rings. The minimum Gasteiger partial charge on any atom is -0.481 e. The highest BCUT2D eigenvalue weighted by atomic mass is 16.4. The molecular weight excluding hydrogens is 232 g/mol. The largest absolute Gasteiger partial charge is 0.481 e. The van der Waals surface area contributed by atoms with Gasteiger partial charge in [0.1, 0.15) is 0 Å². The van der Waals surface area contributed by atoms with Gasteiger partial charge in [0.15, 0.2) is 0 Å². The third kappa shape index (κ3) is 4.29. The highest BCUT2D eigenvalue weighted by molar-refractivity contribution is 5.83. The molecule has 106 valence electrons. The van der Waals surface area contributed by atoms with Crippen molar-refractivity contribution in [3.8, 4) is 0 Å². The smallest absolute Gasteiger partial charge is 0.308 e. The van der Waals surface area contributed by atoms with Crippen LogP contribution in [0.15, 0.2) is 0 Å². The standard InChI is InChI=1S/C13H26N2O3/c1-6-7-9(10(16)17)8-15-11(18)12(2,3)13(4,5)14/h9H,6-8,14H2,1-5H3,(H,15,18)(H,16,17). The van der Waals surface area contributed by atoms with Gasteiger partial charge in [-0.2, -0.15) is 0 Å². The van der Waals surface area contributed by atoms with Crippen molar-refractivity contribution in [1.82, 2.24) is 5.32 Å². The zero-order valence-electron chi connectivity index (χ0n) is 12.0. The Balaban J connectivity index is 4.54. The van der Waals surface area contributed by atoms with Crippen molar-refractivity contribution in [3.05, 3.63) is 0 Å². The summed E-state index contributed by atoms with van der Waals surface area (Å²) in [5, 5.41) is 11.7. The molecule has 0 aliphatic rings. The molecule has 0 spiro atoms. The van der Waals surface area contributed by atoms with Gasteiger partial charge < -0.3 is 16.2 Å². The zero-order chi connectivity index (χ0) is 14.6. The Hall–Kier alpha value is -1.10. The van der Waals surface area contributed by atoms with Crippen LogP contribution in [-0.4, -0.2) is 29.1 Å². The Kier molecular flexibility index (Phi) is 5.80. The van der Waals surface area contributed by atoms with E-state index in [1.54, 1.807) is 27.7 Å². The van der Waals surface area contributed by atoms with Gasteiger partial charge in [-0.15, -0.1) is 0 Å². The lowest BCUT2D eigenvalue weighted by Crippen LogP contribution is -2.56. The molecule has 5 heteroatoms. The molecule has 0 saturated carbocycles. The molecule has 0 aliphatic heterocycles. The highest BCUT2D eigenvalue weighted by Gasteiger charge is 2.40. The lowest BCUT2D eigenvalue weighted by molar-refractivity contribution is -0.142. The molecule has 0 radical (unpaired) electrons. The minimum absolute atomic E-state index is 0.154. The van der Waals surface area contributed by atoms with E-state index in [4.69, 9.17) is 10.8 Å². The Bertz CT molecular complexity index is 306. The number of aliphatic carboxylic acids is 1. The van der Waals surface area contributed by atoms with Crippen LogP contribution in [0, 0.1) is 11.3 Å². The van der Waals surface area contributed by atoms with Crippen molar-refractivity contribution in [2.24, 2.45) is 17.1 Å². The summed E-state index contributed by atoms with van der Waals surface area (Å²) >= 11 is 0. The van der Waals surface area contributed by atoms with Gasteiger partial charge in [0, 0.05) is 12.1 Å². The van der Waals surface area contributed by atoms with Gasteiger partial charge in [-0.25, -0.2) is 0 Å². The van der Waals surface area contributed by atoms with E-state index in [9.17, 15) is 9.59 Å². The molecule has 0 aromatic heterocycles. The number of carboxylic acid groups (broad SMARTS) is 1. The van der Waals surface area contributed by atoms with Crippen LogP contribution in [0.4, 0.5) is 0 Å². The summed E-state index contributed by atoms with van der Waals surface area (Å²) in [6, 6.07) is 0. The second kappa shape index (κ2) is 6.18. The SMILES string of the molecule is CCCC(CNC(=O)C(C)(C)C(C)(C)N)C(=O)O. The molecule has 0 bridgehead atoms. The molecule has 0 saturated heterocycles. The first-order valence-corrected chi connectivity index (χ1v) is 6.34. The summed E-state index contributed by atoms with van der Waals surface area (Å²) in [7, 11) is 0. The van der Waals surface area contributed by atoms with Crippen LogP contribution < -0.4 is 11.1 Å². The molecule has 1 atom stereocenters. The maximum Gasteiger partial charge on any atom is 0.308 e. The lowest BCUT2D eigenvalue weighted by atomic mass is 9.74. The van der Waals surface area contributed by atoms with Gasteiger partial charge in [-0.3, -0.25) is 9.59 Å². The second-order valence-electron chi connectivity index (χ2n) is 5.88. The highest BCUT2D eigenvalue weighted by Crippen LogP contribution is 2.28. The number of carboxylic acids is 1. The predicted octanol–water partition coefficient (Wildman–Crippen LogP) is 1.37. The van der Waals surface area contributed by atoms with E-state index < -0.39 is 22.8 Å². The van der Waals surface area contributed by atoms with E-state index in [0.29, 0.717) is 6.42 Å². The third-order valence-electron chi connectivity index (χ3n) is 3.67. The van der Waals surface area contributed by atoms with E-state index in [-0.39, 0.29) is 12.5 Å². The first-order valence-electron chi connectivity index (χ1n) is 6.34. The van der Waals surface area contributed by atoms with Crippen molar-refractivity contribution < 1.29 is 14.7 Å².